The molecule has 2 N–H and O–H groups in total. The van der Waals surface area contributed by atoms with E-state index in [0.717, 1.165) is 24.0 Å². The lowest BCUT2D eigenvalue weighted by Crippen LogP contribution is -2.57. The molecular formula is C23H29F3N2O3S. The van der Waals surface area contributed by atoms with Crippen molar-refractivity contribution >= 4 is 10.0 Å². The highest BCUT2D eigenvalue weighted by atomic mass is 32.2. The molecule has 1 saturated heterocycles. The summed E-state index contributed by atoms with van der Waals surface area (Å²) in [5.41, 5.74) is 0.722. The van der Waals surface area contributed by atoms with Gasteiger partial charge in [-0.2, -0.15) is 13.2 Å². The third-order valence-electron chi connectivity index (χ3n) is 5.79. The summed E-state index contributed by atoms with van der Waals surface area (Å²) >= 11 is 0. The molecule has 1 aliphatic rings. The molecule has 176 valence electrons. The number of rotatable bonds is 7. The van der Waals surface area contributed by atoms with Crippen molar-refractivity contribution in [3.8, 4) is 0 Å². The Balaban J connectivity index is 1.78. The molecule has 3 atom stereocenters. The zero-order chi connectivity index (χ0) is 23.6. The monoisotopic (exact) mass is 470 g/mol. The highest BCUT2D eigenvalue weighted by Crippen LogP contribution is 2.35. The van der Waals surface area contributed by atoms with Crippen molar-refractivity contribution in [2.75, 3.05) is 19.4 Å². The normalized spacial score (nSPS) is 23.1. The molecular weight excluding hydrogens is 441 g/mol. The molecule has 1 heterocycles. The number of ether oxygens (including phenoxy) is 1. The number of piperidine rings is 1. The maximum Gasteiger partial charge on any atom is 0.416 e. The minimum absolute atomic E-state index is 0.231. The van der Waals surface area contributed by atoms with Gasteiger partial charge in [-0.25, -0.2) is 13.1 Å². The zero-order valence-electron chi connectivity index (χ0n) is 18.4. The maximum atomic E-state index is 13.2. The molecule has 0 bridgehead atoms. The molecule has 32 heavy (non-hydrogen) atoms. The van der Waals surface area contributed by atoms with Gasteiger partial charge in [-0.1, -0.05) is 42.0 Å². The van der Waals surface area contributed by atoms with Crippen LogP contribution in [0.1, 0.15) is 48.1 Å². The van der Waals surface area contributed by atoms with Crippen molar-refractivity contribution in [3.05, 3.63) is 70.8 Å². The van der Waals surface area contributed by atoms with E-state index < -0.39 is 33.4 Å². The van der Waals surface area contributed by atoms with E-state index in [0.29, 0.717) is 30.5 Å². The van der Waals surface area contributed by atoms with Gasteiger partial charge in [0.15, 0.2) is 0 Å². The topological polar surface area (TPSA) is 67.4 Å². The van der Waals surface area contributed by atoms with Gasteiger partial charge in [-0.05, 0) is 49.9 Å². The molecule has 5 nitrogen and oxygen atoms in total. The Labute approximate surface area is 187 Å². The molecule has 0 amide bonds. The molecule has 0 unspecified atom stereocenters. The van der Waals surface area contributed by atoms with Crippen LogP contribution >= 0.6 is 0 Å². The quantitative estimate of drug-likeness (QED) is 0.634. The number of benzene rings is 2. The summed E-state index contributed by atoms with van der Waals surface area (Å²) in [7, 11) is -3.32. The summed E-state index contributed by atoms with van der Waals surface area (Å²) in [6.45, 7) is 4.03. The summed E-state index contributed by atoms with van der Waals surface area (Å²) in [4.78, 5) is 0. The predicted molar refractivity (Wildman–Crippen MR) is 118 cm³/mol. The molecule has 0 spiro atoms. The van der Waals surface area contributed by atoms with E-state index in [1.807, 2.05) is 30.3 Å². The third kappa shape index (κ3) is 6.31. The van der Waals surface area contributed by atoms with E-state index in [-0.39, 0.29) is 12.6 Å². The second-order valence-corrected chi connectivity index (χ2v) is 10.3. The number of hydrogen-bond donors (Lipinski definition) is 2. The van der Waals surface area contributed by atoms with Gasteiger partial charge < -0.3 is 10.1 Å². The molecule has 2 aromatic carbocycles. The van der Waals surface area contributed by atoms with Crippen molar-refractivity contribution in [1.29, 1.82) is 0 Å². The summed E-state index contributed by atoms with van der Waals surface area (Å²) in [5.74, 6) is 0. The van der Waals surface area contributed by atoms with Crippen LogP contribution in [0.3, 0.4) is 0 Å². The number of hydrogen-bond acceptors (Lipinski definition) is 4. The van der Waals surface area contributed by atoms with Crippen LogP contribution in [-0.2, 0) is 26.5 Å². The van der Waals surface area contributed by atoms with E-state index in [1.165, 1.54) is 0 Å². The average Bonchev–Trinajstić information content (AvgIpc) is 2.72. The van der Waals surface area contributed by atoms with Crippen molar-refractivity contribution < 1.29 is 26.3 Å². The van der Waals surface area contributed by atoms with Crippen molar-refractivity contribution in [2.24, 2.45) is 0 Å². The van der Waals surface area contributed by atoms with Crippen molar-refractivity contribution in [2.45, 2.75) is 50.6 Å². The van der Waals surface area contributed by atoms with Crippen LogP contribution in [0.2, 0.25) is 0 Å². The smallest absolute Gasteiger partial charge is 0.372 e. The predicted octanol–water partition coefficient (Wildman–Crippen LogP) is 4.29. The van der Waals surface area contributed by atoms with Crippen LogP contribution in [0.15, 0.2) is 48.5 Å². The lowest BCUT2D eigenvalue weighted by atomic mass is 9.81. The van der Waals surface area contributed by atoms with Crippen LogP contribution in [0.4, 0.5) is 13.2 Å². The molecule has 3 rings (SSSR count). The molecule has 1 fully saturated rings. The standard InChI is InChI=1S/C23H29F3N2O3S/c1-16-11-18(13-20(12-16)23(24,25)26)17(2)31-15-22(19-7-5-4-6-8-19)10-9-21(14-27-22)28-32(3,29)30/h4-8,11-13,17,21,27-28H,9-10,14-15H2,1-3H3/t17-,21+,22-/m1/s1. The molecule has 0 aliphatic carbocycles. The first kappa shape index (κ1) is 24.7. The zero-order valence-corrected chi connectivity index (χ0v) is 19.2. The van der Waals surface area contributed by atoms with Crippen molar-refractivity contribution in [3.63, 3.8) is 0 Å². The lowest BCUT2D eigenvalue weighted by molar-refractivity contribution is -0.137. The van der Waals surface area contributed by atoms with Crippen LogP contribution < -0.4 is 10.0 Å². The van der Waals surface area contributed by atoms with Gasteiger partial charge in [0.05, 0.1) is 30.1 Å². The van der Waals surface area contributed by atoms with E-state index in [4.69, 9.17) is 4.74 Å². The molecule has 1 aliphatic heterocycles. The molecule has 0 saturated carbocycles. The summed E-state index contributed by atoms with van der Waals surface area (Å²) in [6.07, 6.45) is -2.62. The summed E-state index contributed by atoms with van der Waals surface area (Å²) in [5, 5.41) is 3.44. The molecule has 0 aromatic heterocycles. The van der Waals surface area contributed by atoms with E-state index in [9.17, 15) is 21.6 Å². The van der Waals surface area contributed by atoms with Gasteiger partial charge in [0.25, 0.3) is 0 Å². The highest BCUT2D eigenvalue weighted by Gasteiger charge is 2.38. The Morgan fingerprint density at radius 2 is 1.91 bits per heavy atom. The molecule has 0 radical (unpaired) electrons. The Kier molecular flexibility index (Phi) is 7.34. The first-order valence-electron chi connectivity index (χ1n) is 10.5. The summed E-state index contributed by atoms with van der Waals surface area (Å²) < 4.78 is 71.6. The number of nitrogens with one attached hydrogen (secondary N) is 2. The average molecular weight is 471 g/mol. The van der Waals surface area contributed by atoms with Gasteiger partial charge in [-0.3, -0.25) is 0 Å². The largest absolute Gasteiger partial charge is 0.416 e. The highest BCUT2D eigenvalue weighted by molar-refractivity contribution is 7.88. The Morgan fingerprint density at radius 3 is 2.47 bits per heavy atom. The first-order chi connectivity index (χ1) is 14.9. The second-order valence-electron chi connectivity index (χ2n) is 8.54. The minimum Gasteiger partial charge on any atom is -0.372 e. The van der Waals surface area contributed by atoms with Crippen LogP contribution in [0.25, 0.3) is 0 Å². The molecule has 9 heteroatoms. The fraction of sp³-hybridized carbons (Fsp3) is 0.478. The Bertz CT molecular complexity index is 1020. The Morgan fingerprint density at radius 1 is 1.22 bits per heavy atom. The van der Waals surface area contributed by atoms with Crippen LogP contribution in [0.5, 0.6) is 0 Å². The third-order valence-corrected chi connectivity index (χ3v) is 6.55. The fourth-order valence-corrected chi connectivity index (χ4v) is 4.92. The van der Waals surface area contributed by atoms with Gasteiger partial charge in [-0.15, -0.1) is 0 Å². The summed E-state index contributed by atoms with van der Waals surface area (Å²) in [6, 6.07) is 13.4. The van der Waals surface area contributed by atoms with E-state index in [2.05, 4.69) is 10.0 Å². The van der Waals surface area contributed by atoms with Gasteiger partial charge in [0.2, 0.25) is 10.0 Å². The SMILES string of the molecule is Cc1cc([C@@H](C)OC[C@@]2(c3ccccc3)CC[C@H](NS(C)(=O)=O)CN2)cc(C(F)(F)F)c1. The lowest BCUT2D eigenvalue weighted by Gasteiger charge is -2.42. The minimum atomic E-state index is -4.42. The van der Waals surface area contributed by atoms with Crippen LogP contribution in [-0.4, -0.2) is 33.9 Å². The van der Waals surface area contributed by atoms with E-state index >= 15 is 0 Å². The van der Waals surface area contributed by atoms with Gasteiger partial charge in [0, 0.05) is 12.6 Å². The second kappa shape index (κ2) is 9.51. The fourth-order valence-electron chi connectivity index (χ4n) is 4.12. The van der Waals surface area contributed by atoms with Crippen molar-refractivity contribution in [1.82, 2.24) is 10.0 Å². The maximum absolute atomic E-state index is 13.2. The number of halogens is 3. The van der Waals surface area contributed by atoms with Crippen LogP contribution in [0, 0.1) is 6.92 Å². The first-order valence-corrected chi connectivity index (χ1v) is 12.4. The molecule has 2 aromatic rings. The Hall–Kier alpha value is -1.94. The number of sulfonamides is 1. The van der Waals surface area contributed by atoms with Gasteiger partial charge >= 0.3 is 6.18 Å². The van der Waals surface area contributed by atoms with Gasteiger partial charge in [0.1, 0.15) is 0 Å². The van der Waals surface area contributed by atoms with E-state index in [1.54, 1.807) is 19.9 Å². The number of alkyl halides is 3. The number of aryl methyl sites for hydroxylation is 1.